The summed E-state index contributed by atoms with van der Waals surface area (Å²) in [6.07, 6.45) is 4.49. The van der Waals surface area contributed by atoms with E-state index in [0.717, 1.165) is 37.8 Å². The summed E-state index contributed by atoms with van der Waals surface area (Å²) in [6, 6.07) is 6.63. The summed E-state index contributed by atoms with van der Waals surface area (Å²) in [5.74, 6) is -0.727. The lowest BCUT2D eigenvalue weighted by molar-refractivity contribution is -0.135. The highest BCUT2D eigenvalue weighted by Crippen LogP contribution is 2.18. The molecule has 2 amide bonds. The number of hydrogen-bond acceptors (Lipinski definition) is 3. The van der Waals surface area contributed by atoms with Gasteiger partial charge < -0.3 is 15.3 Å². The summed E-state index contributed by atoms with van der Waals surface area (Å²) in [6.45, 7) is 4.08. The Morgan fingerprint density at radius 2 is 1.81 bits per heavy atom. The fourth-order valence-corrected chi connectivity index (χ4v) is 3.15. The molecular weight excluding hydrogens is 332 g/mol. The zero-order chi connectivity index (χ0) is 18.9. The van der Waals surface area contributed by atoms with Crippen LogP contribution in [0.25, 0.3) is 0 Å². The van der Waals surface area contributed by atoms with Crippen molar-refractivity contribution in [2.24, 2.45) is 5.92 Å². The van der Waals surface area contributed by atoms with Gasteiger partial charge in [0.15, 0.2) is 0 Å². The number of hydrogen-bond donors (Lipinski definition) is 2. The largest absolute Gasteiger partial charge is 0.478 e. The first kappa shape index (κ1) is 19.9. The van der Waals surface area contributed by atoms with Gasteiger partial charge in [-0.25, -0.2) is 4.79 Å². The lowest BCUT2D eigenvalue weighted by Crippen LogP contribution is -2.43. The SMILES string of the molecule is CCCCNC(=O)C1CCN(C(=O)CCc2ccc(C(=O)O)cc2)CC1. The molecule has 0 atom stereocenters. The van der Waals surface area contributed by atoms with E-state index >= 15 is 0 Å². The molecule has 1 aromatic carbocycles. The zero-order valence-electron chi connectivity index (χ0n) is 15.4. The second kappa shape index (κ2) is 9.94. The first-order chi connectivity index (χ1) is 12.5. The zero-order valence-corrected chi connectivity index (χ0v) is 15.4. The van der Waals surface area contributed by atoms with E-state index in [4.69, 9.17) is 5.11 Å². The van der Waals surface area contributed by atoms with Crippen molar-refractivity contribution in [3.05, 3.63) is 35.4 Å². The summed E-state index contributed by atoms with van der Waals surface area (Å²) >= 11 is 0. The number of piperidine rings is 1. The molecule has 0 saturated carbocycles. The van der Waals surface area contributed by atoms with Gasteiger partial charge in [0.05, 0.1) is 5.56 Å². The Morgan fingerprint density at radius 1 is 1.15 bits per heavy atom. The van der Waals surface area contributed by atoms with Crippen molar-refractivity contribution in [2.45, 2.75) is 45.4 Å². The van der Waals surface area contributed by atoms with E-state index in [0.29, 0.717) is 25.9 Å². The third-order valence-corrected chi connectivity index (χ3v) is 4.88. The summed E-state index contributed by atoms with van der Waals surface area (Å²) in [5, 5.41) is 11.9. The predicted molar refractivity (Wildman–Crippen MR) is 98.9 cm³/mol. The molecule has 1 aliphatic rings. The highest BCUT2D eigenvalue weighted by Gasteiger charge is 2.26. The van der Waals surface area contributed by atoms with Crippen LogP contribution in [-0.2, 0) is 16.0 Å². The number of unbranched alkanes of at least 4 members (excludes halogenated alkanes) is 1. The summed E-state index contributed by atoms with van der Waals surface area (Å²) in [5.41, 5.74) is 1.20. The number of rotatable bonds is 8. The standard InChI is InChI=1S/C20H28N2O4/c1-2-3-12-21-19(24)16-10-13-22(14-11-16)18(23)9-6-15-4-7-17(8-5-15)20(25)26/h4-5,7-8,16H,2-3,6,9-14H2,1H3,(H,21,24)(H,25,26). The third-order valence-electron chi connectivity index (χ3n) is 4.88. The van der Waals surface area contributed by atoms with Gasteiger partial charge in [-0.3, -0.25) is 9.59 Å². The lowest BCUT2D eigenvalue weighted by Gasteiger charge is -2.31. The van der Waals surface area contributed by atoms with Gasteiger partial charge in [-0.1, -0.05) is 25.5 Å². The highest BCUT2D eigenvalue weighted by atomic mass is 16.4. The maximum absolute atomic E-state index is 12.4. The Balaban J connectivity index is 1.72. The van der Waals surface area contributed by atoms with Gasteiger partial charge in [-0.2, -0.15) is 0 Å². The van der Waals surface area contributed by atoms with Crippen LogP contribution in [0.2, 0.25) is 0 Å². The minimum Gasteiger partial charge on any atom is -0.478 e. The van der Waals surface area contributed by atoms with Crippen LogP contribution in [0.3, 0.4) is 0 Å². The van der Waals surface area contributed by atoms with Gasteiger partial charge in [-0.15, -0.1) is 0 Å². The maximum Gasteiger partial charge on any atom is 0.335 e. The number of aryl methyl sites for hydroxylation is 1. The van der Waals surface area contributed by atoms with Crippen LogP contribution >= 0.6 is 0 Å². The van der Waals surface area contributed by atoms with Crippen molar-refractivity contribution in [2.75, 3.05) is 19.6 Å². The van der Waals surface area contributed by atoms with Crippen molar-refractivity contribution in [1.82, 2.24) is 10.2 Å². The van der Waals surface area contributed by atoms with Crippen LogP contribution < -0.4 is 5.32 Å². The number of nitrogens with one attached hydrogen (secondary N) is 1. The van der Waals surface area contributed by atoms with Crippen molar-refractivity contribution < 1.29 is 19.5 Å². The lowest BCUT2D eigenvalue weighted by atomic mass is 9.95. The molecule has 1 heterocycles. The van der Waals surface area contributed by atoms with E-state index in [1.807, 2.05) is 4.90 Å². The van der Waals surface area contributed by atoms with Crippen LogP contribution in [0.1, 0.15) is 54.9 Å². The number of amides is 2. The topological polar surface area (TPSA) is 86.7 Å². The van der Waals surface area contributed by atoms with E-state index in [1.54, 1.807) is 24.3 Å². The summed E-state index contributed by atoms with van der Waals surface area (Å²) in [4.78, 5) is 37.1. The molecule has 26 heavy (non-hydrogen) atoms. The number of nitrogens with zero attached hydrogens (tertiary/aromatic N) is 1. The highest BCUT2D eigenvalue weighted by molar-refractivity contribution is 5.87. The third kappa shape index (κ3) is 5.86. The van der Waals surface area contributed by atoms with Gasteiger partial charge >= 0.3 is 5.97 Å². The molecule has 2 rings (SSSR count). The number of carboxylic acid groups (broad SMARTS) is 1. The van der Waals surface area contributed by atoms with E-state index in [-0.39, 0.29) is 23.3 Å². The summed E-state index contributed by atoms with van der Waals surface area (Å²) in [7, 11) is 0. The monoisotopic (exact) mass is 360 g/mol. The van der Waals surface area contributed by atoms with Gasteiger partial charge in [0.25, 0.3) is 0 Å². The fraction of sp³-hybridized carbons (Fsp3) is 0.550. The van der Waals surface area contributed by atoms with Gasteiger partial charge in [0.2, 0.25) is 11.8 Å². The molecule has 0 spiro atoms. The first-order valence-corrected chi connectivity index (χ1v) is 9.39. The number of aromatic carboxylic acids is 1. The molecular formula is C20H28N2O4. The minimum absolute atomic E-state index is 0.0134. The maximum atomic E-state index is 12.4. The molecule has 1 fully saturated rings. The second-order valence-corrected chi connectivity index (χ2v) is 6.80. The molecule has 0 unspecified atom stereocenters. The Bertz CT molecular complexity index is 619. The van der Waals surface area contributed by atoms with Crippen LogP contribution in [0, 0.1) is 5.92 Å². The van der Waals surface area contributed by atoms with Crippen LogP contribution in [0.15, 0.2) is 24.3 Å². The molecule has 0 radical (unpaired) electrons. The quantitative estimate of drug-likeness (QED) is 0.697. The van der Waals surface area contributed by atoms with Crippen molar-refractivity contribution in [3.8, 4) is 0 Å². The Morgan fingerprint density at radius 3 is 2.38 bits per heavy atom. The molecule has 6 nitrogen and oxygen atoms in total. The van der Waals surface area contributed by atoms with Crippen LogP contribution in [-0.4, -0.2) is 47.4 Å². The molecule has 0 bridgehead atoms. The number of benzene rings is 1. The Hall–Kier alpha value is -2.37. The number of carbonyl (C=O) groups excluding carboxylic acids is 2. The number of carboxylic acids is 1. The average molecular weight is 360 g/mol. The van der Waals surface area contributed by atoms with E-state index in [9.17, 15) is 14.4 Å². The average Bonchev–Trinajstić information content (AvgIpc) is 2.66. The van der Waals surface area contributed by atoms with Gasteiger partial charge in [0, 0.05) is 32.0 Å². The van der Waals surface area contributed by atoms with Crippen molar-refractivity contribution in [1.29, 1.82) is 0 Å². The number of likely N-dealkylation sites (tertiary alicyclic amines) is 1. The van der Waals surface area contributed by atoms with Crippen LogP contribution in [0.4, 0.5) is 0 Å². The summed E-state index contributed by atoms with van der Waals surface area (Å²) < 4.78 is 0. The van der Waals surface area contributed by atoms with E-state index < -0.39 is 5.97 Å². The molecule has 0 aromatic heterocycles. The predicted octanol–water partition coefficient (Wildman–Crippen LogP) is 2.47. The van der Waals surface area contributed by atoms with Crippen LogP contribution in [0.5, 0.6) is 0 Å². The molecule has 2 N–H and O–H groups in total. The minimum atomic E-state index is -0.950. The Labute approximate surface area is 154 Å². The second-order valence-electron chi connectivity index (χ2n) is 6.80. The van der Waals surface area contributed by atoms with Crippen molar-refractivity contribution >= 4 is 17.8 Å². The molecule has 1 aliphatic heterocycles. The van der Waals surface area contributed by atoms with E-state index in [2.05, 4.69) is 12.2 Å². The fourth-order valence-electron chi connectivity index (χ4n) is 3.15. The smallest absolute Gasteiger partial charge is 0.335 e. The number of carbonyl (C=O) groups is 3. The first-order valence-electron chi connectivity index (χ1n) is 9.39. The molecule has 1 saturated heterocycles. The normalized spacial score (nSPS) is 14.9. The van der Waals surface area contributed by atoms with Crippen molar-refractivity contribution in [3.63, 3.8) is 0 Å². The molecule has 0 aliphatic carbocycles. The van der Waals surface area contributed by atoms with Gasteiger partial charge in [-0.05, 0) is 43.4 Å². The van der Waals surface area contributed by atoms with Gasteiger partial charge in [0.1, 0.15) is 0 Å². The van der Waals surface area contributed by atoms with E-state index in [1.165, 1.54) is 0 Å². The Kier molecular flexibility index (Phi) is 7.63. The molecule has 6 heteroatoms. The molecule has 1 aromatic rings. The molecule has 142 valence electrons.